The van der Waals surface area contributed by atoms with Crippen molar-refractivity contribution in [2.75, 3.05) is 5.32 Å². The number of aromatic amines is 1. The number of rotatable bonds is 5. The van der Waals surface area contributed by atoms with Crippen molar-refractivity contribution in [2.45, 2.75) is 51.6 Å². The standard InChI is InChI=1S/C23H26N4O3/c1-23(2,3)30-22(29)27-12-4-5-19(27)17-8-6-15(7-9-17)13-21(28)24-20-14-18(25-26-20)16-10-11-16/h4-9,12,14,16H,10-11,13H2,1-3H3,(H2,24,25,26,28). The highest BCUT2D eigenvalue weighted by Gasteiger charge is 2.25. The van der Waals surface area contributed by atoms with Crippen LogP contribution in [-0.4, -0.2) is 32.4 Å². The van der Waals surface area contributed by atoms with E-state index in [-0.39, 0.29) is 12.3 Å². The minimum absolute atomic E-state index is 0.117. The smallest absolute Gasteiger partial charge is 0.418 e. The number of amides is 1. The predicted octanol–water partition coefficient (Wildman–Crippen LogP) is 4.72. The molecule has 0 aliphatic heterocycles. The molecule has 0 bridgehead atoms. The Hall–Kier alpha value is -3.35. The summed E-state index contributed by atoms with van der Waals surface area (Å²) in [4.78, 5) is 24.8. The molecule has 2 aromatic heterocycles. The first-order valence-electron chi connectivity index (χ1n) is 10.1. The van der Waals surface area contributed by atoms with E-state index < -0.39 is 11.7 Å². The van der Waals surface area contributed by atoms with Gasteiger partial charge in [-0.2, -0.15) is 5.10 Å². The largest absolute Gasteiger partial charge is 0.443 e. The van der Waals surface area contributed by atoms with Crippen molar-refractivity contribution in [3.8, 4) is 11.3 Å². The zero-order valence-electron chi connectivity index (χ0n) is 17.4. The number of carbonyl (C=O) groups excluding carboxylic acids is 2. The van der Waals surface area contributed by atoms with E-state index in [2.05, 4.69) is 15.5 Å². The lowest BCUT2D eigenvalue weighted by molar-refractivity contribution is -0.115. The molecule has 1 saturated carbocycles. The first-order valence-corrected chi connectivity index (χ1v) is 10.1. The molecule has 30 heavy (non-hydrogen) atoms. The van der Waals surface area contributed by atoms with Gasteiger partial charge in [0.15, 0.2) is 5.82 Å². The molecule has 2 heterocycles. The Kier molecular flexibility index (Phi) is 5.20. The second kappa shape index (κ2) is 7.82. The van der Waals surface area contributed by atoms with Crippen LogP contribution in [0.1, 0.15) is 50.8 Å². The van der Waals surface area contributed by atoms with Crippen molar-refractivity contribution in [3.63, 3.8) is 0 Å². The van der Waals surface area contributed by atoms with Crippen LogP contribution in [0.3, 0.4) is 0 Å². The van der Waals surface area contributed by atoms with Crippen LogP contribution in [0.25, 0.3) is 11.3 Å². The molecule has 7 nitrogen and oxygen atoms in total. The number of nitrogens with one attached hydrogen (secondary N) is 2. The number of hydrogen-bond acceptors (Lipinski definition) is 4. The van der Waals surface area contributed by atoms with Gasteiger partial charge in [0.05, 0.1) is 12.1 Å². The number of hydrogen-bond donors (Lipinski definition) is 2. The minimum atomic E-state index is -0.566. The lowest BCUT2D eigenvalue weighted by Crippen LogP contribution is -2.27. The van der Waals surface area contributed by atoms with Crippen LogP contribution in [0.4, 0.5) is 10.6 Å². The van der Waals surface area contributed by atoms with E-state index >= 15 is 0 Å². The second-order valence-corrected chi connectivity index (χ2v) is 8.65. The maximum atomic E-state index is 12.4. The van der Waals surface area contributed by atoms with Gasteiger partial charge in [0.1, 0.15) is 5.60 Å². The van der Waals surface area contributed by atoms with Crippen molar-refractivity contribution in [1.29, 1.82) is 0 Å². The van der Waals surface area contributed by atoms with Crippen molar-refractivity contribution in [2.24, 2.45) is 0 Å². The zero-order chi connectivity index (χ0) is 21.3. The van der Waals surface area contributed by atoms with Crippen LogP contribution >= 0.6 is 0 Å². The van der Waals surface area contributed by atoms with E-state index in [9.17, 15) is 9.59 Å². The predicted molar refractivity (Wildman–Crippen MR) is 114 cm³/mol. The zero-order valence-corrected chi connectivity index (χ0v) is 17.4. The maximum absolute atomic E-state index is 12.4. The monoisotopic (exact) mass is 406 g/mol. The first kappa shape index (κ1) is 19.9. The Balaban J connectivity index is 1.40. The minimum Gasteiger partial charge on any atom is -0.443 e. The van der Waals surface area contributed by atoms with Crippen LogP contribution in [0.5, 0.6) is 0 Å². The topological polar surface area (TPSA) is 89.0 Å². The van der Waals surface area contributed by atoms with Crippen LogP contribution in [0, 0.1) is 0 Å². The van der Waals surface area contributed by atoms with Crippen LogP contribution in [0.2, 0.25) is 0 Å². The Morgan fingerprint density at radius 1 is 1.20 bits per heavy atom. The third kappa shape index (κ3) is 4.79. The molecular formula is C23H26N4O3. The van der Waals surface area contributed by atoms with Gasteiger partial charge in [0.2, 0.25) is 5.91 Å². The molecule has 0 saturated heterocycles. The van der Waals surface area contributed by atoms with E-state index in [4.69, 9.17) is 4.74 Å². The molecule has 0 radical (unpaired) electrons. The number of H-pyrrole nitrogens is 1. The second-order valence-electron chi connectivity index (χ2n) is 8.65. The molecule has 2 N–H and O–H groups in total. The molecule has 1 aliphatic carbocycles. The fourth-order valence-electron chi connectivity index (χ4n) is 3.26. The fraction of sp³-hybridized carbons (Fsp3) is 0.348. The van der Waals surface area contributed by atoms with E-state index in [1.165, 1.54) is 17.4 Å². The summed E-state index contributed by atoms with van der Waals surface area (Å²) in [5, 5.41) is 9.97. The highest BCUT2D eigenvalue weighted by atomic mass is 16.6. The highest BCUT2D eigenvalue weighted by molar-refractivity contribution is 5.91. The van der Waals surface area contributed by atoms with Crippen molar-refractivity contribution < 1.29 is 14.3 Å². The third-order valence-corrected chi connectivity index (χ3v) is 4.84. The average molecular weight is 406 g/mol. The molecule has 4 rings (SSSR count). The Morgan fingerprint density at radius 3 is 2.60 bits per heavy atom. The Labute approximate surface area is 175 Å². The van der Waals surface area contributed by atoms with E-state index in [0.717, 1.165) is 22.5 Å². The molecule has 1 aliphatic rings. The van der Waals surface area contributed by atoms with Gasteiger partial charge in [0, 0.05) is 23.9 Å². The van der Waals surface area contributed by atoms with Crippen molar-refractivity contribution >= 4 is 17.8 Å². The summed E-state index contributed by atoms with van der Waals surface area (Å²) in [5.41, 5.74) is 3.01. The summed E-state index contributed by atoms with van der Waals surface area (Å²) in [7, 11) is 0. The normalized spacial score (nSPS) is 13.8. The van der Waals surface area contributed by atoms with E-state index in [1.807, 2.05) is 57.2 Å². The third-order valence-electron chi connectivity index (χ3n) is 4.84. The summed E-state index contributed by atoms with van der Waals surface area (Å²) in [6.45, 7) is 5.51. The number of carbonyl (C=O) groups is 2. The van der Waals surface area contributed by atoms with Crippen LogP contribution < -0.4 is 5.32 Å². The number of ether oxygens (including phenoxy) is 1. The van der Waals surface area contributed by atoms with Gasteiger partial charge < -0.3 is 10.1 Å². The summed E-state index contributed by atoms with van der Waals surface area (Å²) in [6, 6.07) is 13.2. The average Bonchev–Trinajstić information content (AvgIpc) is 3.21. The molecule has 1 amide bonds. The summed E-state index contributed by atoms with van der Waals surface area (Å²) < 4.78 is 6.95. The molecule has 0 atom stereocenters. The van der Waals surface area contributed by atoms with Gasteiger partial charge >= 0.3 is 6.09 Å². The molecule has 0 spiro atoms. The summed E-state index contributed by atoms with van der Waals surface area (Å²) in [6.07, 6.45) is 3.87. The fourth-order valence-corrected chi connectivity index (χ4v) is 3.26. The Morgan fingerprint density at radius 2 is 1.93 bits per heavy atom. The van der Waals surface area contributed by atoms with E-state index in [0.29, 0.717) is 11.7 Å². The van der Waals surface area contributed by atoms with Gasteiger partial charge in [-0.05, 0) is 56.9 Å². The maximum Gasteiger partial charge on any atom is 0.418 e. The van der Waals surface area contributed by atoms with Gasteiger partial charge in [0.25, 0.3) is 0 Å². The molecular weight excluding hydrogens is 380 g/mol. The van der Waals surface area contributed by atoms with Gasteiger partial charge in [-0.25, -0.2) is 4.79 Å². The van der Waals surface area contributed by atoms with Crippen LogP contribution in [-0.2, 0) is 16.0 Å². The Bertz CT molecular complexity index is 1050. The molecule has 0 unspecified atom stereocenters. The van der Waals surface area contributed by atoms with Gasteiger partial charge in [-0.1, -0.05) is 24.3 Å². The highest BCUT2D eigenvalue weighted by Crippen LogP contribution is 2.39. The first-order chi connectivity index (χ1) is 14.3. The molecule has 7 heteroatoms. The van der Waals surface area contributed by atoms with E-state index in [1.54, 1.807) is 12.3 Å². The lowest BCUT2D eigenvalue weighted by atomic mass is 10.1. The molecule has 1 aromatic carbocycles. The van der Waals surface area contributed by atoms with Crippen molar-refractivity contribution in [3.05, 3.63) is 59.9 Å². The van der Waals surface area contributed by atoms with Gasteiger partial charge in [-0.15, -0.1) is 0 Å². The molecule has 156 valence electrons. The van der Waals surface area contributed by atoms with Crippen molar-refractivity contribution in [1.82, 2.24) is 14.8 Å². The SMILES string of the molecule is CC(C)(C)OC(=O)n1cccc1-c1ccc(CC(=O)Nc2cc(C3CC3)[nH]n2)cc1. The van der Waals surface area contributed by atoms with Crippen LogP contribution in [0.15, 0.2) is 48.7 Å². The number of anilines is 1. The summed E-state index contributed by atoms with van der Waals surface area (Å²) >= 11 is 0. The lowest BCUT2D eigenvalue weighted by Gasteiger charge is -2.20. The number of nitrogens with zero attached hydrogens (tertiary/aromatic N) is 2. The number of benzene rings is 1. The quantitative estimate of drug-likeness (QED) is 0.642. The molecule has 3 aromatic rings. The molecule has 1 fully saturated rings. The number of aromatic nitrogens is 3. The van der Waals surface area contributed by atoms with Gasteiger partial charge in [-0.3, -0.25) is 14.5 Å². The summed E-state index contributed by atoms with van der Waals surface area (Å²) in [5.74, 6) is 1.01.